The predicted molar refractivity (Wildman–Crippen MR) is 73.2 cm³/mol. The number of hydrogen-bond acceptors (Lipinski definition) is 3. The number of rotatable bonds is 7. The Balaban J connectivity index is 2.63. The smallest absolute Gasteiger partial charge is 0.329 e. The fraction of sp³-hybridized carbons (Fsp3) is 0.846. The Morgan fingerprint density at radius 3 is 2.68 bits per heavy atom. The van der Waals surface area contributed by atoms with Crippen LogP contribution in [0.3, 0.4) is 0 Å². The van der Waals surface area contributed by atoms with Crippen LogP contribution in [0.2, 0.25) is 0 Å². The van der Waals surface area contributed by atoms with Crippen LogP contribution in [0.1, 0.15) is 39.0 Å². The number of urea groups is 1. The summed E-state index contributed by atoms with van der Waals surface area (Å²) in [6.07, 6.45) is 3.43. The lowest BCUT2D eigenvalue weighted by molar-refractivity contribution is -0.148. The third-order valence-electron chi connectivity index (χ3n) is 3.68. The van der Waals surface area contributed by atoms with Crippen molar-refractivity contribution in [3.63, 3.8) is 0 Å². The topological polar surface area (TPSA) is 81.7 Å². The van der Waals surface area contributed by atoms with E-state index in [1.807, 2.05) is 14.0 Å². The minimum atomic E-state index is -0.998. The van der Waals surface area contributed by atoms with Gasteiger partial charge in [-0.15, -0.1) is 0 Å². The molecule has 1 unspecified atom stereocenters. The van der Waals surface area contributed by atoms with Gasteiger partial charge < -0.3 is 20.6 Å². The molecule has 1 aliphatic heterocycles. The second kappa shape index (κ2) is 7.33. The molecule has 6 heteroatoms. The number of carboxylic acid groups (broad SMARTS) is 1. The van der Waals surface area contributed by atoms with E-state index in [1.54, 1.807) is 0 Å². The van der Waals surface area contributed by atoms with Crippen LogP contribution >= 0.6 is 0 Å². The maximum atomic E-state index is 12.1. The summed E-state index contributed by atoms with van der Waals surface area (Å²) < 4.78 is 0. The molecule has 19 heavy (non-hydrogen) atoms. The van der Waals surface area contributed by atoms with Crippen molar-refractivity contribution in [3.05, 3.63) is 0 Å². The van der Waals surface area contributed by atoms with Gasteiger partial charge >= 0.3 is 12.0 Å². The van der Waals surface area contributed by atoms with E-state index in [4.69, 9.17) is 0 Å². The van der Waals surface area contributed by atoms with E-state index in [2.05, 4.69) is 10.6 Å². The molecule has 1 aliphatic rings. The molecule has 1 heterocycles. The number of carbonyl (C=O) groups excluding carboxylic acids is 1. The average Bonchev–Trinajstić information content (AvgIpc) is 2.80. The molecule has 110 valence electrons. The van der Waals surface area contributed by atoms with Crippen molar-refractivity contribution in [1.82, 2.24) is 15.5 Å². The minimum Gasteiger partial charge on any atom is -0.479 e. The summed E-state index contributed by atoms with van der Waals surface area (Å²) >= 11 is 0. The van der Waals surface area contributed by atoms with Crippen molar-refractivity contribution in [2.45, 2.75) is 44.6 Å². The molecular weight excluding hydrogens is 246 g/mol. The Morgan fingerprint density at radius 2 is 2.11 bits per heavy atom. The summed E-state index contributed by atoms with van der Waals surface area (Å²) in [5, 5.41) is 15.3. The highest BCUT2D eigenvalue weighted by molar-refractivity contribution is 5.87. The molecule has 3 N–H and O–H groups in total. The SMILES string of the molecule is CCCC1(C(=O)O)CCCN1C(=O)NCCCNC. The van der Waals surface area contributed by atoms with E-state index in [9.17, 15) is 14.7 Å². The first-order chi connectivity index (χ1) is 9.08. The molecule has 0 radical (unpaired) electrons. The highest BCUT2D eigenvalue weighted by atomic mass is 16.4. The summed E-state index contributed by atoms with van der Waals surface area (Å²) in [5.74, 6) is -0.878. The van der Waals surface area contributed by atoms with Gasteiger partial charge in [0.15, 0.2) is 0 Å². The van der Waals surface area contributed by atoms with E-state index in [0.29, 0.717) is 25.9 Å². The molecule has 0 spiro atoms. The molecule has 0 aromatic carbocycles. The molecule has 0 saturated carbocycles. The Labute approximate surface area is 114 Å². The molecule has 1 atom stereocenters. The number of carboxylic acids is 1. The highest BCUT2D eigenvalue weighted by Crippen LogP contribution is 2.33. The van der Waals surface area contributed by atoms with Crippen LogP contribution in [0.15, 0.2) is 0 Å². The molecular formula is C13H25N3O3. The summed E-state index contributed by atoms with van der Waals surface area (Å²) in [6, 6.07) is -0.246. The normalized spacial score (nSPS) is 22.5. The number of hydrogen-bond donors (Lipinski definition) is 3. The summed E-state index contributed by atoms with van der Waals surface area (Å²) in [4.78, 5) is 25.2. The Bertz CT molecular complexity index is 322. The number of aliphatic carboxylic acids is 1. The molecule has 0 aromatic rings. The quantitative estimate of drug-likeness (QED) is 0.604. The van der Waals surface area contributed by atoms with E-state index in [1.165, 1.54) is 4.90 Å². The van der Waals surface area contributed by atoms with Crippen molar-refractivity contribution in [1.29, 1.82) is 0 Å². The Morgan fingerprint density at radius 1 is 1.37 bits per heavy atom. The lowest BCUT2D eigenvalue weighted by atomic mass is 9.91. The van der Waals surface area contributed by atoms with E-state index >= 15 is 0 Å². The number of likely N-dealkylation sites (tertiary alicyclic amines) is 1. The standard InChI is InChI=1S/C13H25N3O3/c1-3-6-13(11(17)18)7-4-10-16(13)12(19)15-9-5-8-14-2/h14H,3-10H2,1-2H3,(H,15,19)(H,17,18). The molecule has 0 bridgehead atoms. The molecule has 6 nitrogen and oxygen atoms in total. The van der Waals surface area contributed by atoms with Crippen molar-refractivity contribution in [2.75, 3.05) is 26.7 Å². The van der Waals surface area contributed by atoms with Crippen molar-refractivity contribution in [2.24, 2.45) is 0 Å². The summed E-state index contributed by atoms with van der Waals surface area (Å²) in [6.45, 7) is 3.88. The molecule has 2 amide bonds. The molecule has 0 aliphatic carbocycles. The van der Waals surface area contributed by atoms with E-state index < -0.39 is 11.5 Å². The summed E-state index contributed by atoms with van der Waals surface area (Å²) in [5.41, 5.74) is -0.998. The maximum absolute atomic E-state index is 12.1. The largest absolute Gasteiger partial charge is 0.479 e. The molecule has 1 rings (SSSR count). The van der Waals surface area contributed by atoms with Gasteiger partial charge in [0.05, 0.1) is 0 Å². The number of nitrogens with zero attached hydrogens (tertiary/aromatic N) is 1. The van der Waals surface area contributed by atoms with Gasteiger partial charge in [0.2, 0.25) is 0 Å². The van der Waals surface area contributed by atoms with Crippen molar-refractivity contribution < 1.29 is 14.7 Å². The fourth-order valence-electron chi connectivity index (χ4n) is 2.73. The second-order valence-corrected chi connectivity index (χ2v) is 5.03. The third-order valence-corrected chi connectivity index (χ3v) is 3.68. The van der Waals surface area contributed by atoms with Crippen LogP contribution in [-0.2, 0) is 4.79 Å². The fourth-order valence-corrected chi connectivity index (χ4v) is 2.73. The van der Waals surface area contributed by atoms with Gasteiger partial charge in [0.1, 0.15) is 5.54 Å². The first-order valence-corrected chi connectivity index (χ1v) is 7.02. The number of carbonyl (C=O) groups is 2. The average molecular weight is 271 g/mol. The lowest BCUT2D eigenvalue weighted by Gasteiger charge is -2.34. The zero-order valence-corrected chi connectivity index (χ0v) is 11.9. The maximum Gasteiger partial charge on any atom is 0.329 e. The van der Waals surface area contributed by atoms with E-state index in [0.717, 1.165) is 25.8 Å². The lowest BCUT2D eigenvalue weighted by Crippen LogP contribution is -2.56. The van der Waals surface area contributed by atoms with Crippen LogP contribution in [0, 0.1) is 0 Å². The Kier molecular flexibility index (Phi) is 6.08. The van der Waals surface area contributed by atoms with Gasteiger partial charge in [-0.25, -0.2) is 9.59 Å². The number of nitrogens with one attached hydrogen (secondary N) is 2. The molecule has 1 saturated heterocycles. The predicted octanol–water partition coefficient (Wildman–Crippen LogP) is 1.02. The zero-order valence-electron chi connectivity index (χ0n) is 11.9. The second-order valence-electron chi connectivity index (χ2n) is 5.03. The highest BCUT2D eigenvalue weighted by Gasteiger charge is 2.49. The van der Waals surface area contributed by atoms with Crippen LogP contribution in [0.4, 0.5) is 4.79 Å². The first kappa shape index (κ1) is 15.8. The van der Waals surface area contributed by atoms with Crippen molar-refractivity contribution >= 4 is 12.0 Å². The van der Waals surface area contributed by atoms with Gasteiger partial charge in [-0.1, -0.05) is 13.3 Å². The number of amides is 2. The van der Waals surface area contributed by atoms with Gasteiger partial charge in [-0.3, -0.25) is 0 Å². The first-order valence-electron chi connectivity index (χ1n) is 7.02. The van der Waals surface area contributed by atoms with Crippen LogP contribution in [0.25, 0.3) is 0 Å². The monoisotopic (exact) mass is 271 g/mol. The van der Waals surface area contributed by atoms with Gasteiger partial charge in [-0.2, -0.15) is 0 Å². The van der Waals surface area contributed by atoms with Crippen molar-refractivity contribution in [3.8, 4) is 0 Å². The van der Waals surface area contributed by atoms with Crippen LogP contribution in [0.5, 0.6) is 0 Å². The van der Waals surface area contributed by atoms with Crippen LogP contribution in [-0.4, -0.2) is 54.2 Å². The van der Waals surface area contributed by atoms with E-state index in [-0.39, 0.29) is 6.03 Å². The van der Waals surface area contributed by atoms with Gasteiger partial charge in [0.25, 0.3) is 0 Å². The van der Waals surface area contributed by atoms with Gasteiger partial charge in [0, 0.05) is 13.1 Å². The van der Waals surface area contributed by atoms with Crippen LogP contribution < -0.4 is 10.6 Å². The zero-order chi connectivity index (χ0) is 14.3. The van der Waals surface area contributed by atoms with Gasteiger partial charge in [-0.05, 0) is 39.3 Å². The third kappa shape index (κ3) is 3.59. The Hall–Kier alpha value is -1.30. The molecule has 1 fully saturated rings. The minimum absolute atomic E-state index is 0.246. The summed E-state index contributed by atoms with van der Waals surface area (Å²) in [7, 11) is 1.86. The molecule has 0 aromatic heterocycles.